The van der Waals surface area contributed by atoms with E-state index < -0.39 is 4.92 Å². The fourth-order valence-electron chi connectivity index (χ4n) is 1.24. The second-order valence-corrected chi connectivity index (χ2v) is 3.23. The van der Waals surface area contributed by atoms with Crippen LogP contribution >= 0.6 is 0 Å². The van der Waals surface area contributed by atoms with Crippen LogP contribution in [0, 0.1) is 10.1 Å². The molecule has 5 heteroatoms. The van der Waals surface area contributed by atoms with Gasteiger partial charge in [-0.2, -0.15) is 0 Å². The highest BCUT2D eigenvalue weighted by atomic mass is 16.6. The SMILES string of the molecule is CCCC(=O)Cc1cc([N+](=O)[O-])ccn1. The number of nitrogens with zero attached hydrogens (tertiary/aromatic N) is 2. The van der Waals surface area contributed by atoms with Crippen LogP contribution in [0.3, 0.4) is 0 Å². The Bertz CT molecular complexity index is 377. The highest BCUT2D eigenvalue weighted by molar-refractivity contribution is 5.80. The third-order valence-electron chi connectivity index (χ3n) is 1.92. The van der Waals surface area contributed by atoms with E-state index in [0.29, 0.717) is 12.1 Å². The normalized spacial score (nSPS) is 9.93. The molecule has 0 unspecified atom stereocenters. The van der Waals surface area contributed by atoms with Gasteiger partial charge in [-0.15, -0.1) is 0 Å². The zero-order valence-corrected chi connectivity index (χ0v) is 8.47. The molecule has 0 radical (unpaired) electrons. The lowest BCUT2D eigenvalue weighted by Gasteiger charge is -1.98. The summed E-state index contributed by atoms with van der Waals surface area (Å²) < 4.78 is 0. The van der Waals surface area contributed by atoms with E-state index in [9.17, 15) is 14.9 Å². The molecule has 0 saturated carbocycles. The van der Waals surface area contributed by atoms with Gasteiger partial charge in [0.15, 0.2) is 0 Å². The highest BCUT2D eigenvalue weighted by Crippen LogP contribution is 2.11. The van der Waals surface area contributed by atoms with Gasteiger partial charge in [-0.1, -0.05) is 6.92 Å². The number of Topliss-reactive ketones (excluding diaryl/α,β-unsaturated/α-hetero) is 1. The van der Waals surface area contributed by atoms with Crippen molar-refractivity contribution in [2.45, 2.75) is 26.2 Å². The minimum Gasteiger partial charge on any atom is -0.299 e. The molecule has 0 aliphatic rings. The lowest BCUT2D eigenvalue weighted by molar-refractivity contribution is -0.385. The summed E-state index contributed by atoms with van der Waals surface area (Å²) in [6, 6.07) is 2.65. The molecular weight excluding hydrogens is 196 g/mol. The molecule has 1 aromatic rings. The van der Waals surface area contributed by atoms with Crippen LogP contribution in [0.2, 0.25) is 0 Å². The fraction of sp³-hybridized carbons (Fsp3) is 0.400. The Hall–Kier alpha value is -1.78. The van der Waals surface area contributed by atoms with Gasteiger partial charge in [0.25, 0.3) is 5.69 Å². The van der Waals surface area contributed by atoms with Crippen LogP contribution in [0.1, 0.15) is 25.5 Å². The summed E-state index contributed by atoms with van der Waals surface area (Å²) in [5.41, 5.74) is 0.437. The largest absolute Gasteiger partial charge is 0.299 e. The first kappa shape index (κ1) is 11.3. The van der Waals surface area contributed by atoms with Crippen LogP contribution in [0.25, 0.3) is 0 Å². The Labute approximate surface area is 87.3 Å². The average Bonchev–Trinajstić information content (AvgIpc) is 2.18. The summed E-state index contributed by atoms with van der Waals surface area (Å²) in [7, 11) is 0. The maximum absolute atomic E-state index is 11.3. The molecule has 1 heterocycles. The molecular formula is C10H12N2O3. The van der Waals surface area contributed by atoms with E-state index in [-0.39, 0.29) is 17.9 Å². The van der Waals surface area contributed by atoms with Gasteiger partial charge in [0, 0.05) is 31.2 Å². The molecule has 0 amide bonds. The first-order valence-electron chi connectivity index (χ1n) is 4.74. The van der Waals surface area contributed by atoms with Crippen LogP contribution in [0.4, 0.5) is 5.69 Å². The minimum absolute atomic E-state index is 0.0238. The topological polar surface area (TPSA) is 73.1 Å². The molecule has 0 atom stereocenters. The zero-order chi connectivity index (χ0) is 11.3. The zero-order valence-electron chi connectivity index (χ0n) is 8.47. The maximum Gasteiger partial charge on any atom is 0.272 e. The van der Waals surface area contributed by atoms with Crippen LogP contribution in [-0.2, 0) is 11.2 Å². The monoisotopic (exact) mass is 208 g/mol. The van der Waals surface area contributed by atoms with Crippen molar-refractivity contribution >= 4 is 11.5 Å². The third kappa shape index (κ3) is 3.46. The summed E-state index contributed by atoms with van der Waals surface area (Å²) >= 11 is 0. The first-order valence-corrected chi connectivity index (χ1v) is 4.74. The van der Waals surface area contributed by atoms with Gasteiger partial charge in [-0.3, -0.25) is 19.9 Å². The van der Waals surface area contributed by atoms with E-state index in [0.717, 1.165) is 6.42 Å². The van der Waals surface area contributed by atoms with Gasteiger partial charge < -0.3 is 0 Å². The average molecular weight is 208 g/mol. The number of nitro groups is 1. The number of hydrogen-bond donors (Lipinski definition) is 0. The number of pyridine rings is 1. The van der Waals surface area contributed by atoms with Gasteiger partial charge in [-0.05, 0) is 6.42 Å². The molecule has 0 aromatic carbocycles. The van der Waals surface area contributed by atoms with Crippen molar-refractivity contribution in [1.82, 2.24) is 4.98 Å². The number of hydrogen-bond acceptors (Lipinski definition) is 4. The fourth-order valence-corrected chi connectivity index (χ4v) is 1.24. The number of rotatable bonds is 5. The summed E-state index contributed by atoms with van der Waals surface area (Å²) in [5, 5.41) is 10.5. The predicted octanol–water partition coefficient (Wildman–Crippen LogP) is 1.90. The minimum atomic E-state index is -0.491. The van der Waals surface area contributed by atoms with Gasteiger partial charge >= 0.3 is 0 Å². The van der Waals surface area contributed by atoms with E-state index >= 15 is 0 Å². The molecule has 0 bridgehead atoms. The van der Waals surface area contributed by atoms with Crippen LogP contribution in [0.15, 0.2) is 18.3 Å². The van der Waals surface area contributed by atoms with E-state index in [4.69, 9.17) is 0 Å². The van der Waals surface area contributed by atoms with E-state index in [1.807, 2.05) is 6.92 Å². The van der Waals surface area contributed by atoms with Gasteiger partial charge in [-0.25, -0.2) is 0 Å². The van der Waals surface area contributed by atoms with Crippen molar-refractivity contribution in [3.63, 3.8) is 0 Å². The summed E-state index contributed by atoms with van der Waals surface area (Å²) in [4.78, 5) is 25.2. The summed E-state index contributed by atoms with van der Waals surface area (Å²) in [6.45, 7) is 1.92. The molecule has 1 rings (SSSR count). The van der Waals surface area contributed by atoms with E-state index in [1.54, 1.807) is 0 Å². The van der Waals surface area contributed by atoms with Gasteiger partial charge in [0.2, 0.25) is 0 Å². The second kappa shape index (κ2) is 5.19. The number of carbonyl (C=O) groups excluding carboxylic acids is 1. The van der Waals surface area contributed by atoms with Crippen LogP contribution in [-0.4, -0.2) is 15.7 Å². The molecule has 15 heavy (non-hydrogen) atoms. The Balaban J connectivity index is 2.73. The Morgan fingerprint density at radius 3 is 2.93 bits per heavy atom. The summed E-state index contributed by atoms with van der Waals surface area (Å²) in [5.74, 6) is 0.0606. The van der Waals surface area contributed by atoms with Crippen molar-refractivity contribution < 1.29 is 9.72 Å². The maximum atomic E-state index is 11.3. The standard InChI is InChI=1S/C10H12N2O3/c1-2-3-10(13)7-8-6-9(12(14)15)4-5-11-8/h4-6H,2-3,7H2,1H3. The van der Waals surface area contributed by atoms with Crippen molar-refractivity contribution in [2.75, 3.05) is 0 Å². The van der Waals surface area contributed by atoms with Gasteiger partial charge in [0.1, 0.15) is 5.78 Å². The Morgan fingerprint density at radius 1 is 1.60 bits per heavy atom. The third-order valence-corrected chi connectivity index (χ3v) is 1.92. The molecule has 0 N–H and O–H groups in total. The molecule has 0 aliphatic carbocycles. The predicted molar refractivity (Wildman–Crippen MR) is 54.5 cm³/mol. The molecule has 80 valence electrons. The molecule has 1 aromatic heterocycles. The smallest absolute Gasteiger partial charge is 0.272 e. The Kier molecular flexibility index (Phi) is 3.91. The molecule has 5 nitrogen and oxygen atoms in total. The number of aromatic nitrogens is 1. The lowest BCUT2D eigenvalue weighted by atomic mass is 10.1. The molecule has 0 fully saturated rings. The second-order valence-electron chi connectivity index (χ2n) is 3.23. The lowest BCUT2D eigenvalue weighted by Crippen LogP contribution is -2.04. The Morgan fingerprint density at radius 2 is 2.33 bits per heavy atom. The van der Waals surface area contributed by atoms with E-state index in [1.165, 1.54) is 18.3 Å². The molecule has 0 aliphatic heterocycles. The quantitative estimate of drug-likeness (QED) is 0.547. The number of ketones is 1. The van der Waals surface area contributed by atoms with Crippen molar-refractivity contribution in [3.05, 3.63) is 34.1 Å². The molecule has 0 spiro atoms. The van der Waals surface area contributed by atoms with Crippen LogP contribution in [0.5, 0.6) is 0 Å². The van der Waals surface area contributed by atoms with Crippen molar-refractivity contribution in [2.24, 2.45) is 0 Å². The van der Waals surface area contributed by atoms with Crippen LogP contribution < -0.4 is 0 Å². The van der Waals surface area contributed by atoms with E-state index in [2.05, 4.69) is 4.98 Å². The van der Waals surface area contributed by atoms with Crippen molar-refractivity contribution in [1.29, 1.82) is 0 Å². The highest BCUT2D eigenvalue weighted by Gasteiger charge is 2.09. The number of carbonyl (C=O) groups is 1. The summed E-state index contributed by atoms with van der Waals surface area (Å²) in [6.07, 6.45) is 2.81. The van der Waals surface area contributed by atoms with Crippen molar-refractivity contribution in [3.8, 4) is 0 Å². The van der Waals surface area contributed by atoms with Gasteiger partial charge in [0.05, 0.1) is 10.6 Å². The first-order chi connectivity index (χ1) is 7.13. The molecule has 0 saturated heterocycles.